The topological polar surface area (TPSA) is 86.6 Å². The zero-order valence-corrected chi connectivity index (χ0v) is 21.3. The minimum Gasteiger partial charge on any atom is -0.386 e. The van der Waals surface area contributed by atoms with Crippen LogP contribution in [0.1, 0.15) is 45.9 Å². The molecule has 1 aromatic heterocycles. The maximum absolute atomic E-state index is 14.1. The number of alkyl halides is 3. The molecule has 0 spiro atoms. The molecule has 2 aromatic rings. The molecule has 194 valence electrons. The van der Waals surface area contributed by atoms with Gasteiger partial charge in [0.25, 0.3) is 0 Å². The van der Waals surface area contributed by atoms with Gasteiger partial charge in [-0.25, -0.2) is 22.8 Å². The van der Waals surface area contributed by atoms with Crippen LogP contribution in [-0.2, 0) is 21.6 Å². The smallest absolute Gasteiger partial charge is 0.386 e. The first-order chi connectivity index (χ1) is 15.8. The average molecular weight is 519 g/mol. The summed E-state index contributed by atoms with van der Waals surface area (Å²) < 4.78 is 79.4. The largest absolute Gasteiger partial charge is 0.433 e. The van der Waals surface area contributed by atoms with Crippen molar-refractivity contribution < 1.29 is 31.1 Å². The van der Waals surface area contributed by atoms with Gasteiger partial charge in [-0.3, -0.25) is 0 Å². The molecular formula is C23H30F4N4O3S. The second kappa shape index (κ2) is 8.88. The van der Waals surface area contributed by atoms with Crippen LogP contribution in [0.2, 0.25) is 0 Å². The standard InChI is InChI=1S/C23H30F4N4O3S/c1-21(2,3)18-13-30(14-7-8-16(24)17(11-14)35(6,33)34)9-10-31(18)20-28-12-15(22(4,5)32)19(29-20)23(25,26)27/h7-8,11-12,18,32H,9-10,13H2,1-6H3. The summed E-state index contributed by atoms with van der Waals surface area (Å²) in [5.41, 5.74) is -3.34. The number of piperazine rings is 1. The van der Waals surface area contributed by atoms with E-state index in [1.165, 1.54) is 26.0 Å². The molecule has 0 radical (unpaired) electrons. The highest BCUT2D eigenvalue weighted by atomic mass is 32.2. The van der Waals surface area contributed by atoms with Crippen LogP contribution in [0.4, 0.5) is 29.2 Å². The van der Waals surface area contributed by atoms with E-state index in [-0.39, 0.29) is 18.5 Å². The summed E-state index contributed by atoms with van der Waals surface area (Å²) in [7, 11) is -3.78. The van der Waals surface area contributed by atoms with Crippen LogP contribution in [0.3, 0.4) is 0 Å². The molecule has 1 fully saturated rings. The maximum atomic E-state index is 14.1. The highest BCUT2D eigenvalue weighted by Crippen LogP contribution is 2.38. The van der Waals surface area contributed by atoms with E-state index >= 15 is 0 Å². The first kappa shape index (κ1) is 27.1. The zero-order chi connectivity index (χ0) is 26.6. The second-order valence-electron chi connectivity index (χ2n) is 10.4. The average Bonchev–Trinajstić information content (AvgIpc) is 2.70. The molecule has 1 unspecified atom stereocenters. The van der Waals surface area contributed by atoms with E-state index in [2.05, 4.69) is 9.97 Å². The molecule has 0 bridgehead atoms. The summed E-state index contributed by atoms with van der Waals surface area (Å²) in [6, 6.07) is 3.49. The molecule has 3 rings (SSSR count). The molecule has 1 saturated heterocycles. The van der Waals surface area contributed by atoms with Crippen LogP contribution >= 0.6 is 0 Å². The van der Waals surface area contributed by atoms with Gasteiger partial charge in [-0.05, 0) is 37.5 Å². The third-order valence-electron chi connectivity index (χ3n) is 6.02. The molecule has 1 atom stereocenters. The van der Waals surface area contributed by atoms with Gasteiger partial charge in [0.05, 0.1) is 11.6 Å². The van der Waals surface area contributed by atoms with Gasteiger partial charge >= 0.3 is 6.18 Å². The summed E-state index contributed by atoms with van der Waals surface area (Å²) in [5.74, 6) is -0.955. The van der Waals surface area contributed by atoms with Gasteiger partial charge in [0.15, 0.2) is 15.5 Å². The SMILES string of the molecule is CC(C)(O)c1cnc(N2CCN(c3ccc(F)c(S(C)(=O)=O)c3)CC2C(C)(C)C)nc1C(F)(F)F. The fourth-order valence-corrected chi connectivity index (χ4v) is 4.90. The molecule has 12 heteroatoms. The Morgan fingerprint density at radius 1 is 1.09 bits per heavy atom. The fraction of sp³-hybridized carbons (Fsp3) is 0.565. The zero-order valence-electron chi connectivity index (χ0n) is 20.5. The number of hydrogen-bond acceptors (Lipinski definition) is 7. The van der Waals surface area contributed by atoms with E-state index in [1.54, 1.807) is 4.90 Å². The Balaban J connectivity index is 2.02. The first-order valence-corrected chi connectivity index (χ1v) is 12.9. The van der Waals surface area contributed by atoms with Crippen molar-refractivity contribution in [2.45, 2.75) is 57.3 Å². The summed E-state index contributed by atoms with van der Waals surface area (Å²) in [6.45, 7) is 9.14. The Hall–Kier alpha value is -2.47. The maximum Gasteiger partial charge on any atom is 0.433 e. The Labute approximate surface area is 202 Å². The van der Waals surface area contributed by atoms with E-state index in [0.717, 1.165) is 18.5 Å². The molecular weight excluding hydrogens is 488 g/mol. The molecule has 0 aliphatic carbocycles. The Bertz CT molecular complexity index is 1200. The van der Waals surface area contributed by atoms with Crippen LogP contribution in [0.5, 0.6) is 0 Å². The van der Waals surface area contributed by atoms with Gasteiger partial charge in [-0.2, -0.15) is 13.2 Å². The number of anilines is 2. The number of nitrogens with zero attached hydrogens (tertiary/aromatic N) is 4. The molecule has 2 heterocycles. The molecule has 0 saturated carbocycles. The highest BCUT2D eigenvalue weighted by molar-refractivity contribution is 7.90. The molecule has 0 amide bonds. The van der Waals surface area contributed by atoms with Crippen molar-refractivity contribution in [2.24, 2.45) is 5.41 Å². The van der Waals surface area contributed by atoms with E-state index < -0.39 is 49.0 Å². The van der Waals surface area contributed by atoms with Gasteiger partial charge in [0.2, 0.25) is 5.95 Å². The number of aliphatic hydroxyl groups is 1. The lowest BCUT2D eigenvalue weighted by Crippen LogP contribution is -2.59. The number of aromatic nitrogens is 2. The summed E-state index contributed by atoms with van der Waals surface area (Å²) in [6.07, 6.45) is -2.85. The van der Waals surface area contributed by atoms with Crippen LogP contribution in [0, 0.1) is 11.2 Å². The van der Waals surface area contributed by atoms with Gasteiger partial charge in [-0.15, -0.1) is 0 Å². The molecule has 1 N–H and O–H groups in total. The lowest BCUT2D eigenvalue weighted by atomic mass is 9.84. The Kier molecular flexibility index (Phi) is 6.88. The van der Waals surface area contributed by atoms with E-state index in [4.69, 9.17) is 0 Å². The van der Waals surface area contributed by atoms with E-state index in [9.17, 15) is 31.1 Å². The van der Waals surface area contributed by atoms with Crippen LogP contribution in [0.15, 0.2) is 29.3 Å². The second-order valence-corrected chi connectivity index (χ2v) is 12.4. The van der Waals surface area contributed by atoms with Gasteiger partial charge < -0.3 is 14.9 Å². The molecule has 1 aromatic carbocycles. The van der Waals surface area contributed by atoms with Crippen molar-refractivity contribution in [2.75, 3.05) is 35.7 Å². The monoisotopic (exact) mass is 518 g/mol. The Morgan fingerprint density at radius 2 is 1.71 bits per heavy atom. The number of hydrogen-bond donors (Lipinski definition) is 1. The third kappa shape index (κ3) is 5.85. The number of rotatable bonds is 4. The van der Waals surface area contributed by atoms with Gasteiger partial charge in [0.1, 0.15) is 10.7 Å². The van der Waals surface area contributed by atoms with E-state index in [0.29, 0.717) is 18.8 Å². The molecule has 7 nitrogen and oxygen atoms in total. The lowest BCUT2D eigenvalue weighted by Gasteiger charge is -2.48. The quantitative estimate of drug-likeness (QED) is 0.612. The number of sulfone groups is 1. The normalized spacial score (nSPS) is 18.2. The van der Waals surface area contributed by atoms with Crippen LogP contribution < -0.4 is 9.80 Å². The van der Waals surface area contributed by atoms with Crippen molar-refractivity contribution in [3.63, 3.8) is 0 Å². The van der Waals surface area contributed by atoms with Crippen molar-refractivity contribution >= 4 is 21.5 Å². The van der Waals surface area contributed by atoms with Gasteiger partial charge in [0, 0.05) is 43.3 Å². The van der Waals surface area contributed by atoms with Gasteiger partial charge in [-0.1, -0.05) is 20.8 Å². The third-order valence-corrected chi connectivity index (χ3v) is 7.13. The summed E-state index contributed by atoms with van der Waals surface area (Å²) in [4.78, 5) is 11.2. The van der Waals surface area contributed by atoms with Crippen molar-refractivity contribution in [3.8, 4) is 0 Å². The fourth-order valence-electron chi connectivity index (χ4n) is 4.15. The molecule has 35 heavy (non-hydrogen) atoms. The van der Waals surface area contributed by atoms with Crippen molar-refractivity contribution in [1.29, 1.82) is 0 Å². The van der Waals surface area contributed by atoms with E-state index in [1.807, 2.05) is 25.7 Å². The number of halogens is 4. The first-order valence-electron chi connectivity index (χ1n) is 11.0. The number of benzene rings is 1. The minimum atomic E-state index is -4.79. The Morgan fingerprint density at radius 3 is 2.23 bits per heavy atom. The molecule has 1 aliphatic rings. The van der Waals surface area contributed by atoms with Crippen molar-refractivity contribution in [1.82, 2.24) is 9.97 Å². The van der Waals surface area contributed by atoms with Crippen LogP contribution in [0.25, 0.3) is 0 Å². The predicted octanol–water partition coefficient (Wildman–Crippen LogP) is 4.01. The minimum absolute atomic E-state index is 0.110. The molecule has 1 aliphatic heterocycles. The highest BCUT2D eigenvalue weighted by Gasteiger charge is 2.42. The van der Waals surface area contributed by atoms with Crippen molar-refractivity contribution in [3.05, 3.63) is 41.5 Å². The summed E-state index contributed by atoms with van der Waals surface area (Å²) >= 11 is 0. The van der Waals surface area contributed by atoms with Crippen LogP contribution in [-0.4, -0.2) is 55.4 Å². The lowest BCUT2D eigenvalue weighted by molar-refractivity contribution is -0.144. The predicted molar refractivity (Wildman–Crippen MR) is 125 cm³/mol. The summed E-state index contributed by atoms with van der Waals surface area (Å²) in [5, 5.41) is 10.2.